The van der Waals surface area contributed by atoms with Crippen LogP contribution in [0.3, 0.4) is 0 Å². The van der Waals surface area contributed by atoms with E-state index in [1.807, 2.05) is 4.90 Å². The van der Waals surface area contributed by atoms with Crippen molar-refractivity contribution in [3.05, 3.63) is 0 Å². The van der Waals surface area contributed by atoms with E-state index in [9.17, 15) is 4.79 Å². The molecule has 18 heavy (non-hydrogen) atoms. The van der Waals surface area contributed by atoms with Crippen molar-refractivity contribution in [2.75, 3.05) is 26.2 Å². The minimum absolute atomic E-state index is 0.313. The van der Waals surface area contributed by atoms with E-state index in [2.05, 4.69) is 12.2 Å². The fourth-order valence-electron chi connectivity index (χ4n) is 2.97. The smallest absolute Gasteiger partial charge is 0.222 e. The molecule has 2 aliphatic heterocycles. The second kappa shape index (κ2) is 7.10. The number of hydrogen-bond acceptors (Lipinski definition) is 3. The topological polar surface area (TPSA) is 41.6 Å². The molecule has 0 saturated carbocycles. The van der Waals surface area contributed by atoms with Crippen LogP contribution in [0.15, 0.2) is 0 Å². The Balaban J connectivity index is 1.70. The fourth-order valence-corrected chi connectivity index (χ4v) is 2.97. The van der Waals surface area contributed by atoms with Gasteiger partial charge in [-0.25, -0.2) is 0 Å². The van der Waals surface area contributed by atoms with Crippen LogP contribution in [0.25, 0.3) is 0 Å². The lowest BCUT2D eigenvalue weighted by Gasteiger charge is -2.33. The quantitative estimate of drug-likeness (QED) is 0.809. The Kier molecular flexibility index (Phi) is 5.45. The van der Waals surface area contributed by atoms with Gasteiger partial charge >= 0.3 is 0 Å². The number of hydrogen-bond donors (Lipinski definition) is 1. The van der Waals surface area contributed by atoms with E-state index in [0.29, 0.717) is 24.5 Å². The van der Waals surface area contributed by atoms with Gasteiger partial charge in [-0.05, 0) is 38.6 Å². The molecule has 1 N–H and O–H groups in total. The first-order chi connectivity index (χ1) is 8.79. The average Bonchev–Trinajstić information content (AvgIpc) is 2.90. The summed E-state index contributed by atoms with van der Waals surface area (Å²) in [6.07, 6.45) is 6.51. The molecule has 2 rings (SSSR count). The second-order valence-corrected chi connectivity index (χ2v) is 5.41. The first-order valence-electron chi connectivity index (χ1n) is 7.42. The van der Waals surface area contributed by atoms with Gasteiger partial charge in [0.25, 0.3) is 0 Å². The molecule has 0 spiro atoms. The van der Waals surface area contributed by atoms with Crippen LogP contribution >= 0.6 is 0 Å². The second-order valence-electron chi connectivity index (χ2n) is 5.41. The maximum atomic E-state index is 12.1. The Morgan fingerprint density at radius 1 is 1.39 bits per heavy atom. The van der Waals surface area contributed by atoms with E-state index in [-0.39, 0.29) is 0 Å². The van der Waals surface area contributed by atoms with E-state index >= 15 is 0 Å². The molecule has 0 aliphatic carbocycles. The third-order valence-corrected chi connectivity index (χ3v) is 3.97. The van der Waals surface area contributed by atoms with Crippen molar-refractivity contribution in [1.82, 2.24) is 10.2 Å². The van der Waals surface area contributed by atoms with Gasteiger partial charge in [-0.3, -0.25) is 4.79 Å². The van der Waals surface area contributed by atoms with Crippen LogP contribution in [-0.4, -0.2) is 49.2 Å². The lowest BCUT2D eigenvalue weighted by atomic mass is 10.0. The number of likely N-dealkylation sites (N-methyl/N-ethyl adjacent to an activating group) is 1. The Morgan fingerprint density at radius 2 is 2.28 bits per heavy atom. The number of rotatable bonds is 5. The standard InChI is InChI=1S/C14H26N2O2/c1-2-15-12-5-3-9-16(11-12)14(17)8-7-13-6-4-10-18-13/h12-13,15H,2-11H2,1H3. The molecule has 2 aliphatic rings. The summed E-state index contributed by atoms with van der Waals surface area (Å²) in [7, 11) is 0. The summed E-state index contributed by atoms with van der Waals surface area (Å²) >= 11 is 0. The maximum absolute atomic E-state index is 12.1. The summed E-state index contributed by atoms with van der Waals surface area (Å²) in [5.74, 6) is 0.313. The zero-order valence-corrected chi connectivity index (χ0v) is 11.5. The van der Waals surface area contributed by atoms with Gasteiger partial charge in [0.2, 0.25) is 5.91 Å². The molecule has 0 aromatic carbocycles. The van der Waals surface area contributed by atoms with Gasteiger partial charge in [0.15, 0.2) is 0 Å². The van der Waals surface area contributed by atoms with Gasteiger partial charge in [0.1, 0.15) is 0 Å². The molecule has 4 nitrogen and oxygen atoms in total. The first-order valence-corrected chi connectivity index (χ1v) is 7.42. The monoisotopic (exact) mass is 254 g/mol. The number of nitrogens with one attached hydrogen (secondary N) is 1. The van der Waals surface area contributed by atoms with Crippen molar-refractivity contribution in [3.8, 4) is 0 Å². The number of piperidine rings is 1. The predicted octanol–water partition coefficient (Wildman–Crippen LogP) is 1.55. The van der Waals surface area contributed by atoms with E-state index in [4.69, 9.17) is 4.74 Å². The summed E-state index contributed by atoms with van der Waals surface area (Å²) in [5.41, 5.74) is 0. The van der Waals surface area contributed by atoms with E-state index in [0.717, 1.165) is 51.9 Å². The first kappa shape index (κ1) is 13.8. The van der Waals surface area contributed by atoms with Crippen molar-refractivity contribution >= 4 is 5.91 Å². The molecule has 2 heterocycles. The number of carbonyl (C=O) groups excluding carboxylic acids is 1. The summed E-state index contributed by atoms with van der Waals surface area (Å²) < 4.78 is 5.57. The van der Waals surface area contributed by atoms with Crippen molar-refractivity contribution in [1.29, 1.82) is 0 Å². The van der Waals surface area contributed by atoms with Crippen LogP contribution in [0.5, 0.6) is 0 Å². The fraction of sp³-hybridized carbons (Fsp3) is 0.929. The Morgan fingerprint density at radius 3 is 3.00 bits per heavy atom. The van der Waals surface area contributed by atoms with Gasteiger partial charge in [0.05, 0.1) is 6.10 Å². The third kappa shape index (κ3) is 3.95. The van der Waals surface area contributed by atoms with Gasteiger partial charge in [-0.2, -0.15) is 0 Å². The molecule has 1 amide bonds. The van der Waals surface area contributed by atoms with Crippen molar-refractivity contribution < 1.29 is 9.53 Å². The largest absolute Gasteiger partial charge is 0.378 e. The molecule has 0 aromatic heterocycles. The molecule has 2 fully saturated rings. The van der Waals surface area contributed by atoms with Crippen molar-refractivity contribution in [2.45, 2.75) is 57.6 Å². The number of nitrogens with zero attached hydrogens (tertiary/aromatic N) is 1. The molecule has 0 bridgehead atoms. The van der Waals surface area contributed by atoms with Crippen LogP contribution in [0.1, 0.15) is 45.4 Å². The molecule has 2 saturated heterocycles. The van der Waals surface area contributed by atoms with E-state index in [1.54, 1.807) is 0 Å². The zero-order chi connectivity index (χ0) is 12.8. The molecular weight excluding hydrogens is 228 g/mol. The summed E-state index contributed by atoms with van der Waals surface area (Å²) in [5, 5.41) is 3.45. The van der Waals surface area contributed by atoms with Crippen LogP contribution in [0, 0.1) is 0 Å². The molecule has 2 unspecified atom stereocenters. The van der Waals surface area contributed by atoms with Crippen LogP contribution in [-0.2, 0) is 9.53 Å². The van der Waals surface area contributed by atoms with Crippen molar-refractivity contribution in [3.63, 3.8) is 0 Å². The summed E-state index contributed by atoms with van der Waals surface area (Å²) in [6, 6.07) is 0.496. The summed E-state index contributed by atoms with van der Waals surface area (Å²) in [6.45, 7) is 5.82. The average molecular weight is 254 g/mol. The highest BCUT2D eigenvalue weighted by Gasteiger charge is 2.24. The highest BCUT2D eigenvalue weighted by Crippen LogP contribution is 2.18. The Labute approximate surface area is 110 Å². The van der Waals surface area contributed by atoms with Crippen LogP contribution in [0.2, 0.25) is 0 Å². The number of carbonyl (C=O) groups is 1. The molecule has 4 heteroatoms. The highest BCUT2D eigenvalue weighted by molar-refractivity contribution is 5.76. The van der Waals surface area contributed by atoms with Crippen LogP contribution in [0.4, 0.5) is 0 Å². The van der Waals surface area contributed by atoms with E-state index < -0.39 is 0 Å². The number of likely N-dealkylation sites (tertiary alicyclic amines) is 1. The lowest BCUT2D eigenvalue weighted by molar-refractivity contribution is -0.133. The molecule has 0 aromatic rings. The number of amides is 1. The number of ether oxygens (including phenoxy) is 1. The maximum Gasteiger partial charge on any atom is 0.222 e. The summed E-state index contributed by atoms with van der Waals surface area (Å²) in [4.78, 5) is 14.2. The third-order valence-electron chi connectivity index (χ3n) is 3.97. The van der Waals surface area contributed by atoms with Crippen molar-refractivity contribution in [2.24, 2.45) is 0 Å². The van der Waals surface area contributed by atoms with Gasteiger partial charge in [-0.15, -0.1) is 0 Å². The zero-order valence-electron chi connectivity index (χ0n) is 11.5. The minimum atomic E-state index is 0.313. The van der Waals surface area contributed by atoms with Gasteiger partial charge < -0.3 is 15.0 Å². The van der Waals surface area contributed by atoms with Gasteiger partial charge in [0, 0.05) is 32.2 Å². The lowest BCUT2D eigenvalue weighted by Crippen LogP contribution is -2.48. The molecular formula is C14H26N2O2. The Bertz CT molecular complexity index is 263. The highest BCUT2D eigenvalue weighted by atomic mass is 16.5. The Hall–Kier alpha value is -0.610. The molecule has 0 radical (unpaired) electrons. The predicted molar refractivity (Wildman–Crippen MR) is 71.5 cm³/mol. The van der Waals surface area contributed by atoms with E-state index in [1.165, 1.54) is 6.42 Å². The van der Waals surface area contributed by atoms with Gasteiger partial charge in [-0.1, -0.05) is 6.92 Å². The SMILES string of the molecule is CCNC1CCCN(C(=O)CCC2CCCO2)C1. The molecule has 2 atom stereocenters. The normalized spacial score (nSPS) is 28.6. The minimum Gasteiger partial charge on any atom is -0.378 e. The molecule has 104 valence electrons. The van der Waals surface area contributed by atoms with Crippen LogP contribution < -0.4 is 5.32 Å².